The number of rotatable bonds is 8. The fraction of sp³-hybridized carbons (Fsp3) is 0.500. The lowest BCUT2D eigenvalue weighted by Gasteiger charge is -2.26. The molecule has 0 saturated heterocycles. The van der Waals surface area contributed by atoms with Crippen molar-refractivity contribution in [2.45, 2.75) is 77.6 Å². The van der Waals surface area contributed by atoms with Crippen molar-refractivity contribution in [3.05, 3.63) is 64.7 Å². The standard InChI is InChI=1S/C28H34F2O/c1-3-5-6-20-31-26-19-18-25(27(29)28(26)30)17-12-22-10-15-24(16-11-22)23-13-8-21(7-4-2)9-14-23/h8-9,13-14,18-19,22,24H,3-7,10-11,15-16,20H2,1-2H3. The van der Waals surface area contributed by atoms with Gasteiger partial charge in [0.2, 0.25) is 5.82 Å². The normalized spacial score (nSPS) is 18.3. The van der Waals surface area contributed by atoms with Gasteiger partial charge in [0, 0.05) is 5.92 Å². The second kappa shape index (κ2) is 11.9. The highest BCUT2D eigenvalue weighted by Crippen LogP contribution is 2.35. The molecule has 3 rings (SSSR count). The van der Waals surface area contributed by atoms with E-state index < -0.39 is 11.6 Å². The van der Waals surface area contributed by atoms with Crippen LogP contribution in [0.5, 0.6) is 5.75 Å². The predicted molar refractivity (Wildman–Crippen MR) is 123 cm³/mol. The summed E-state index contributed by atoms with van der Waals surface area (Å²) in [6, 6.07) is 12.1. The zero-order valence-electron chi connectivity index (χ0n) is 18.9. The van der Waals surface area contributed by atoms with Gasteiger partial charge < -0.3 is 4.74 Å². The highest BCUT2D eigenvalue weighted by atomic mass is 19.2. The van der Waals surface area contributed by atoms with Gasteiger partial charge in [0.25, 0.3) is 0 Å². The Labute approximate surface area is 186 Å². The van der Waals surface area contributed by atoms with Gasteiger partial charge >= 0.3 is 0 Å². The minimum atomic E-state index is -0.932. The summed E-state index contributed by atoms with van der Waals surface area (Å²) in [6.45, 7) is 4.69. The highest BCUT2D eigenvalue weighted by Gasteiger charge is 2.21. The summed E-state index contributed by atoms with van der Waals surface area (Å²) in [4.78, 5) is 0. The summed E-state index contributed by atoms with van der Waals surface area (Å²) in [5.41, 5.74) is 2.93. The monoisotopic (exact) mass is 424 g/mol. The van der Waals surface area contributed by atoms with E-state index >= 15 is 0 Å². The lowest BCUT2D eigenvalue weighted by Crippen LogP contribution is -2.12. The van der Waals surface area contributed by atoms with E-state index in [1.807, 2.05) is 0 Å². The van der Waals surface area contributed by atoms with Crippen LogP contribution < -0.4 is 4.74 Å². The largest absolute Gasteiger partial charge is 0.490 e. The van der Waals surface area contributed by atoms with Crippen molar-refractivity contribution in [1.29, 1.82) is 0 Å². The molecule has 0 atom stereocenters. The van der Waals surface area contributed by atoms with E-state index in [1.54, 1.807) is 0 Å². The molecule has 0 radical (unpaired) electrons. The summed E-state index contributed by atoms with van der Waals surface area (Å²) in [7, 11) is 0. The number of hydrogen-bond acceptors (Lipinski definition) is 1. The first kappa shape index (κ1) is 23.3. The number of aryl methyl sites for hydroxylation is 1. The lowest BCUT2D eigenvalue weighted by atomic mass is 9.78. The molecule has 0 heterocycles. The van der Waals surface area contributed by atoms with Gasteiger partial charge in [-0.2, -0.15) is 4.39 Å². The van der Waals surface area contributed by atoms with E-state index in [1.165, 1.54) is 29.7 Å². The van der Waals surface area contributed by atoms with Crippen molar-refractivity contribution in [2.75, 3.05) is 6.61 Å². The maximum Gasteiger partial charge on any atom is 0.201 e. The molecule has 1 aliphatic carbocycles. The molecule has 2 aromatic carbocycles. The summed E-state index contributed by atoms with van der Waals surface area (Å²) < 4.78 is 34.1. The number of ether oxygens (including phenoxy) is 1. The third kappa shape index (κ3) is 6.57. The zero-order valence-corrected chi connectivity index (χ0v) is 18.9. The molecule has 0 bridgehead atoms. The highest BCUT2D eigenvalue weighted by molar-refractivity contribution is 5.41. The second-order valence-corrected chi connectivity index (χ2v) is 8.60. The van der Waals surface area contributed by atoms with Crippen molar-refractivity contribution >= 4 is 0 Å². The predicted octanol–water partition coefficient (Wildman–Crippen LogP) is 7.81. The Kier molecular flexibility index (Phi) is 8.95. The van der Waals surface area contributed by atoms with Gasteiger partial charge in [-0.15, -0.1) is 0 Å². The molecule has 0 N–H and O–H groups in total. The maximum atomic E-state index is 14.4. The van der Waals surface area contributed by atoms with Crippen LogP contribution in [0.1, 0.15) is 87.8 Å². The summed E-state index contributed by atoms with van der Waals surface area (Å²) in [5, 5.41) is 0. The molecular formula is C28H34F2O. The van der Waals surface area contributed by atoms with E-state index in [9.17, 15) is 8.78 Å². The molecule has 1 fully saturated rings. The second-order valence-electron chi connectivity index (χ2n) is 8.60. The third-order valence-corrected chi connectivity index (χ3v) is 6.18. The van der Waals surface area contributed by atoms with E-state index in [0.29, 0.717) is 12.5 Å². The van der Waals surface area contributed by atoms with Crippen LogP contribution in [0.4, 0.5) is 8.78 Å². The third-order valence-electron chi connectivity index (χ3n) is 6.18. The van der Waals surface area contributed by atoms with Gasteiger partial charge in [0.15, 0.2) is 11.6 Å². The zero-order chi connectivity index (χ0) is 22.1. The molecule has 1 saturated carbocycles. The first-order valence-electron chi connectivity index (χ1n) is 11.8. The summed E-state index contributed by atoms with van der Waals surface area (Å²) in [6.07, 6.45) is 9.39. The molecule has 0 amide bonds. The van der Waals surface area contributed by atoms with Crippen molar-refractivity contribution in [3.8, 4) is 17.6 Å². The van der Waals surface area contributed by atoms with Crippen LogP contribution in [-0.2, 0) is 6.42 Å². The Morgan fingerprint density at radius 3 is 2.29 bits per heavy atom. The Balaban J connectivity index is 1.55. The number of unbranched alkanes of at least 4 members (excludes halogenated alkanes) is 2. The Morgan fingerprint density at radius 1 is 0.871 bits per heavy atom. The molecule has 31 heavy (non-hydrogen) atoms. The smallest absolute Gasteiger partial charge is 0.201 e. The van der Waals surface area contributed by atoms with Crippen molar-refractivity contribution in [2.24, 2.45) is 5.92 Å². The van der Waals surface area contributed by atoms with E-state index in [0.717, 1.165) is 51.4 Å². The van der Waals surface area contributed by atoms with Crippen LogP contribution in [0.25, 0.3) is 0 Å². The summed E-state index contributed by atoms with van der Waals surface area (Å²) in [5.74, 6) is 5.03. The Bertz CT molecular complexity index is 884. The minimum absolute atomic E-state index is 0.0235. The van der Waals surface area contributed by atoms with Crippen LogP contribution in [0, 0.1) is 29.4 Å². The van der Waals surface area contributed by atoms with Gasteiger partial charge in [0.05, 0.1) is 12.2 Å². The molecule has 166 valence electrons. The number of halogens is 2. The molecule has 2 aromatic rings. The maximum absolute atomic E-state index is 14.4. The average molecular weight is 425 g/mol. The van der Waals surface area contributed by atoms with Crippen molar-refractivity contribution in [1.82, 2.24) is 0 Å². The molecule has 1 nitrogen and oxygen atoms in total. The van der Waals surface area contributed by atoms with Gasteiger partial charge in [-0.05, 0) is 67.7 Å². The Morgan fingerprint density at radius 2 is 1.61 bits per heavy atom. The minimum Gasteiger partial charge on any atom is -0.490 e. The number of hydrogen-bond donors (Lipinski definition) is 0. The van der Waals surface area contributed by atoms with Gasteiger partial charge in [-0.3, -0.25) is 0 Å². The molecular weight excluding hydrogens is 390 g/mol. The fourth-order valence-electron chi connectivity index (χ4n) is 4.27. The van der Waals surface area contributed by atoms with Crippen LogP contribution in [-0.4, -0.2) is 6.61 Å². The molecule has 0 unspecified atom stereocenters. The summed E-state index contributed by atoms with van der Waals surface area (Å²) >= 11 is 0. The van der Waals surface area contributed by atoms with E-state index in [-0.39, 0.29) is 17.2 Å². The average Bonchev–Trinajstić information content (AvgIpc) is 2.80. The first-order chi connectivity index (χ1) is 15.1. The van der Waals surface area contributed by atoms with Crippen LogP contribution in [0.2, 0.25) is 0 Å². The van der Waals surface area contributed by atoms with Crippen molar-refractivity contribution < 1.29 is 13.5 Å². The quantitative estimate of drug-likeness (QED) is 0.310. The molecule has 3 heteroatoms. The van der Waals surface area contributed by atoms with Gasteiger partial charge in [0.1, 0.15) is 0 Å². The van der Waals surface area contributed by atoms with Gasteiger partial charge in [-0.25, -0.2) is 4.39 Å². The molecule has 0 spiro atoms. The first-order valence-corrected chi connectivity index (χ1v) is 11.8. The van der Waals surface area contributed by atoms with E-state index in [2.05, 4.69) is 50.0 Å². The van der Waals surface area contributed by atoms with Crippen LogP contribution in [0.15, 0.2) is 36.4 Å². The molecule has 0 aliphatic heterocycles. The number of benzene rings is 2. The van der Waals surface area contributed by atoms with Gasteiger partial charge in [-0.1, -0.05) is 69.2 Å². The molecule has 1 aliphatic rings. The van der Waals surface area contributed by atoms with Crippen molar-refractivity contribution in [3.63, 3.8) is 0 Å². The Hall–Kier alpha value is -2.34. The lowest BCUT2D eigenvalue weighted by molar-refractivity contribution is 0.286. The van der Waals surface area contributed by atoms with Crippen LogP contribution >= 0.6 is 0 Å². The van der Waals surface area contributed by atoms with E-state index in [4.69, 9.17) is 4.74 Å². The van der Waals surface area contributed by atoms with Crippen LogP contribution in [0.3, 0.4) is 0 Å². The topological polar surface area (TPSA) is 9.23 Å². The molecule has 0 aromatic heterocycles. The SMILES string of the molecule is CCCCCOc1ccc(C#CC2CCC(c3ccc(CCC)cc3)CC2)c(F)c1F. The fourth-order valence-corrected chi connectivity index (χ4v) is 4.27.